The van der Waals surface area contributed by atoms with E-state index in [9.17, 15) is 4.79 Å². The maximum absolute atomic E-state index is 12.3. The molecule has 1 aliphatic heterocycles. The zero-order valence-electron chi connectivity index (χ0n) is 13.6. The van der Waals surface area contributed by atoms with Crippen LogP contribution in [0.1, 0.15) is 40.5 Å². The molecule has 4 rings (SSSR count). The van der Waals surface area contributed by atoms with Crippen LogP contribution in [0.25, 0.3) is 0 Å². The number of hydrogen-bond acceptors (Lipinski definition) is 4. The summed E-state index contributed by atoms with van der Waals surface area (Å²) in [5, 5.41) is 11.5. The van der Waals surface area contributed by atoms with Crippen LogP contribution in [0.15, 0.2) is 41.1 Å². The van der Waals surface area contributed by atoms with Crippen molar-refractivity contribution < 1.29 is 9.32 Å². The smallest absolute Gasteiger partial charge is 0.226 e. The van der Waals surface area contributed by atoms with E-state index in [1.165, 1.54) is 0 Å². The molecular weight excluding hydrogens is 304 g/mol. The molecule has 0 saturated carbocycles. The molecule has 0 unspecified atom stereocenters. The standard InChI is InChI=1S/C18H18N4O2/c1-11-17(12(2)24-21-11)14-8-16(23)20-18-15(14)9-19-22(18)10-13-6-4-3-5-7-13/h3-7,9,14H,8,10H2,1-2H3,(H,20,23)/t14-/m0/s1. The minimum absolute atomic E-state index is 0.0117. The number of fused-ring (bicyclic) bond motifs is 1. The molecule has 0 aliphatic carbocycles. The molecule has 3 aromatic rings. The van der Waals surface area contributed by atoms with Crippen LogP contribution in [0.4, 0.5) is 5.82 Å². The van der Waals surface area contributed by atoms with Crippen molar-refractivity contribution in [3.8, 4) is 0 Å². The van der Waals surface area contributed by atoms with Gasteiger partial charge >= 0.3 is 0 Å². The summed E-state index contributed by atoms with van der Waals surface area (Å²) >= 11 is 0. The lowest BCUT2D eigenvalue weighted by Gasteiger charge is -2.23. The lowest BCUT2D eigenvalue weighted by Crippen LogP contribution is -2.25. The Morgan fingerprint density at radius 1 is 1.29 bits per heavy atom. The minimum Gasteiger partial charge on any atom is -0.361 e. The third kappa shape index (κ3) is 2.40. The Morgan fingerprint density at radius 2 is 2.08 bits per heavy atom. The van der Waals surface area contributed by atoms with E-state index in [2.05, 4.69) is 15.6 Å². The third-order valence-corrected chi connectivity index (χ3v) is 4.50. The first-order valence-corrected chi connectivity index (χ1v) is 7.95. The van der Waals surface area contributed by atoms with Gasteiger partial charge in [-0.2, -0.15) is 5.10 Å². The second-order valence-electron chi connectivity index (χ2n) is 6.13. The predicted molar refractivity (Wildman–Crippen MR) is 88.8 cm³/mol. The number of aromatic nitrogens is 3. The van der Waals surface area contributed by atoms with Gasteiger partial charge in [0.25, 0.3) is 0 Å². The van der Waals surface area contributed by atoms with Gasteiger partial charge < -0.3 is 9.84 Å². The monoisotopic (exact) mass is 322 g/mol. The Balaban J connectivity index is 1.75. The van der Waals surface area contributed by atoms with Crippen molar-refractivity contribution >= 4 is 11.7 Å². The Bertz CT molecular complexity index is 876. The molecule has 0 radical (unpaired) electrons. The number of benzene rings is 1. The summed E-state index contributed by atoms with van der Waals surface area (Å²) in [6, 6.07) is 10.1. The Kier molecular flexibility index (Phi) is 3.45. The van der Waals surface area contributed by atoms with Crippen LogP contribution in [0.2, 0.25) is 0 Å². The topological polar surface area (TPSA) is 73.0 Å². The summed E-state index contributed by atoms with van der Waals surface area (Å²) in [6.45, 7) is 4.41. The molecule has 1 N–H and O–H groups in total. The molecule has 122 valence electrons. The van der Waals surface area contributed by atoms with Crippen LogP contribution >= 0.6 is 0 Å². The van der Waals surface area contributed by atoms with Crippen molar-refractivity contribution in [2.75, 3.05) is 5.32 Å². The molecule has 6 heteroatoms. The van der Waals surface area contributed by atoms with E-state index in [4.69, 9.17) is 4.52 Å². The van der Waals surface area contributed by atoms with E-state index >= 15 is 0 Å². The molecule has 24 heavy (non-hydrogen) atoms. The van der Waals surface area contributed by atoms with Crippen LogP contribution in [-0.2, 0) is 11.3 Å². The molecule has 0 saturated heterocycles. The molecular formula is C18H18N4O2. The Labute approximate surface area is 139 Å². The van der Waals surface area contributed by atoms with Crippen molar-refractivity contribution in [3.05, 3.63) is 64.7 Å². The SMILES string of the molecule is Cc1noc(C)c1[C@H]1CC(=O)Nc2c1cnn2Cc1ccccc1. The molecule has 2 aromatic heterocycles. The number of nitrogens with zero attached hydrogens (tertiary/aromatic N) is 3. The van der Waals surface area contributed by atoms with Crippen LogP contribution in [0.5, 0.6) is 0 Å². The van der Waals surface area contributed by atoms with Gasteiger partial charge in [0.15, 0.2) is 0 Å². The maximum atomic E-state index is 12.3. The van der Waals surface area contributed by atoms with E-state index in [1.807, 2.05) is 55.1 Å². The van der Waals surface area contributed by atoms with Crippen molar-refractivity contribution in [3.63, 3.8) is 0 Å². The van der Waals surface area contributed by atoms with Crippen molar-refractivity contribution in [2.45, 2.75) is 32.7 Å². The lowest BCUT2D eigenvalue weighted by atomic mass is 9.86. The van der Waals surface area contributed by atoms with Gasteiger partial charge in [-0.25, -0.2) is 4.68 Å². The van der Waals surface area contributed by atoms with Gasteiger partial charge in [-0.1, -0.05) is 35.5 Å². The molecule has 6 nitrogen and oxygen atoms in total. The minimum atomic E-state index is -0.0653. The fraction of sp³-hybridized carbons (Fsp3) is 0.278. The Hall–Kier alpha value is -2.89. The molecule has 1 atom stereocenters. The number of aryl methyl sites for hydroxylation is 2. The van der Waals surface area contributed by atoms with E-state index < -0.39 is 0 Å². The quantitative estimate of drug-likeness (QED) is 0.804. The number of carbonyl (C=O) groups excluding carboxylic acids is 1. The summed E-state index contributed by atoms with van der Waals surface area (Å²) in [6.07, 6.45) is 2.22. The average Bonchev–Trinajstić information content (AvgIpc) is 3.12. The predicted octanol–water partition coefficient (Wildman–Crippen LogP) is 3.01. The number of hydrogen-bond donors (Lipinski definition) is 1. The van der Waals surface area contributed by atoms with Crippen LogP contribution in [0, 0.1) is 13.8 Å². The van der Waals surface area contributed by atoms with Crippen molar-refractivity contribution in [1.82, 2.24) is 14.9 Å². The van der Waals surface area contributed by atoms with Gasteiger partial charge in [0.2, 0.25) is 5.91 Å². The molecule has 1 aromatic carbocycles. The van der Waals surface area contributed by atoms with Gasteiger partial charge in [0.1, 0.15) is 11.6 Å². The van der Waals surface area contributed by atoms with Gasteiger partial charge in [-0.3, -0.25) is 4.79 Å². The maximum Gasteiger partial charge on any atom is 0.226 e. The summed E-state index contributed by atoms with van der Waals surface area (Å²) in [5.74, 6) is 1.45. The fourth-order valence-corrected chi connectivity index (χ4v) is 3.39. The number of rotatable bonds is 3. The summed E-state index contributed by atoms with van der Waals surface area (Å²) < 4.78 is 7.13. The molecule has 0 bridgehead atoms. The molecule has 3 heterocycles. The number of nitrogens with one attached hydrogen (secondary N) is 1. The molecule has 1 aliphatic rings. The molecule has 0 spiro atoms. The number of anilines is 1. The number of amides is 1. The Morgan fingerprint density at radius 3 is 2.79 bits per heavy atom. The highest BCUT2D eigenvalue weighted by molar-refractivity contribution is 5.94. The van der Waals surface area contributed by atoms with Crippen LogP contribution in [0.3, 0.4) is 0 Å². The van der Waals surface area contributed by atoms with E-state index in [0.29, 0.717) is 13.0 Å². The first-order chi connectivity index (χ1) is 11.6. The summed E-state index contributed by atoms with van der Waals surface area (Å²) in [7, 11) is 0. The third-order valence-electron chi connectivity index (χ3n) is 4.50. The van der Waals surface area contributed by atoms with Gasteiger partial charge in [0, 0.05) is 23.5 Å². The summed E-state index contributed by atoms with van der Waals surface area (Å²) in [5.41, 5.74) is 3.97. The molecule has 0 fully saturated rings. The van der Waals surface area contributed by atoms with E-state index in [0.717, 1.165) is 34.0 Å². The summed E-state index contributed by atoms with van der Waals surface area (Å²) in [4.78, 5) is 12.3. The first-order valence-electron chi connectivity index (χ1n) is 7.95. The van der Waals surface area contributed by atoms with Gasteiger partial charge in [0.05, 0.1) is 18.4 Å². The molecule has 1 amide bonds. The van der Waals surface area contributed by atoms with Crippen LogP contribution in [-0.4, -0.2) is 20.8 Å². The normalized spacial score (nSPS) is 16.8. The zero-order chi connectivity index (χ0) is 16.7. The highest BCUT2D eigenvalue weighted by atomic mass is 16.5. The zero-order valence-corrected chi connectivity index (χ0v) is 13.6. The largest absolute Gasteiger partial charge is 0.361 e. The second-order valence-corrected chi connectivity index (χ2v) is 6.13. The number of carbonyl (C=O) groups is 1. The van der Waals surface area contributed by atoms with E-state index in [-0.39, 0.29) is 11.8 Å². The van der Waals surface area contributed by atoms with Crippen LogP contribution < -0.4 is 5.32 Å². The lowest BCUT2D eigenvalue weighted by molar-refractivity contribution is -0.116. The first kappa shape index (κ1) is 14.7. The average molecular weight is 322 g/mol. The van der Waals surface area contributed by atoms with E-state index in [1.54, 1.807) is 0 Å². The fourth-order valence-electron chi connectivity index (χ4n) is 3.39. The highest BCUT2D eigenvalue weighted by Gasteiger charge is 2.33. The van der Waals surface area contributed by atoms with Crippen molar-refractivity contribution in [1.29, 1.82) is 0 Å². The second kappa shape index (κ2) is 5.63. The van der Waals surface area contributed by atoms with Crippen molar-refractivity contribution in [2.24, 2.45) is 0 Å². The van der Waals surface area contributed by atoms with Gasteiger partial charge in [-0.15, -0.1) is 0 Å². The highest BCUT2D eigenvalue weighted by Crippen LogP contribution is 2.39. The van der Waals surface area contributed by atoms with Gasteiger partial charge in [-0.05, 0) is 19.4 Å².